The number of alkyl halides is 2. The molecule has 2 unspecified atom stereocenters. The van der Waals surface area contributed by atoms with Crippen molar-refractivity contribution in [2.75, 3.05) is 26.4 Å². The summed E-state index contributed by atoms with van der Waals surface area (Å²) < 4.78 is 59.0. The molecule has 2 aliphatic heterocycles. The van der Waals surface area contributed by atoms with E-state index in [-0.39, 0.29) is 23.7 Å². The Hall–Kier alpha value is -4.54. The maximum absolute atomic E-state index is 13.7. The smallest absolute Gasteiger partial charge is 0.336 e. The van der Waals surface area contributed by atoms with Gasteiger partial charge < -0.3 is 28.4 Å². The fourth-order valence-electron chi connectivity index (χ4n) is 3.53. The summed E-state index contributed by atoms with van der Waals surface area (Å²) in [7, 11) is 0. The number of hydrogen-bond donors (Lipinski definition) is 0. The van der Waals surface area contributed by atoms with E-state index in [1.165, 1.54) is 24.3 Å². The molecule has 0 bridgehead atoms. The predicted molar refractivity (Wildman–Crippen MR) is 144 cm³/mol. The van der Waals surface area contributed by atoms with Gasteiger partial charge in [-0.3, -0.25) is 0 Å². The normalized spacial score (nSPS) is 17.5. The van der Waals surface area contributed by atoms with Gasteiger partial charge in [-0.05, 0) is 65.7 Å². The number of rotatable bonds is 13. The zero-order chi connectivity index (χ0) is 28.6. The first kappa shape index (κ1) is 28.0. The summed E-state index contributed by atoms with van der Waals surface area (Å²) >= 11 is 0. The highest BCUT2D eigenvalue weighted by atomic mass is 19.3. The van der Waals surface area contributed by atoms with Crippen molar-refractivity contribution >= 4 is 24.1 Å². The number of epoxide rings is 2. The maximum Gasteiger partial charge on any atom is 0.336 e. The zero-order valence-corrected chi connectivity index (χ0v) is 21.7. The van der Waals surface area contributed by atoms with Crippen LogP contribution >= 0.6 is 0 Å². The number of carbonyl (C=O) groups is 2. The Bertz CT molecular complexity index is 1410. The molecule has 2 saturated heterocycles. The summed E-state index contributed by atoms with van der Waals surface area (Å²) in [4.78, 5) is 24.5. The SMILES string of the molecule is O=C(/C=C/c1ccc(OCC2CO2)cc1)Oc1ccc(OC(=O)/C=C/c2ccc(OCC3CO3)cc2)c(C(F)F)c1. The third-order valence-corrected chi connectivity index (χ3v) is 5.91. The van der Waals surface area contributed by atoms with Crippen LogP contribution in [0.25, 0.3) is 12.2 Å². The van der Waals surface area contributed by atoms with Crippen LogP contribution in [0.15, 0.2) is 78.9 Å². The second kappa shape index (κ2) is 13.2. The third-order valence-electron chi connectivity index (χ3n) is 5.91. The van der Waals surface area contributed by atoms with Crippen molar-refractivity contribution in [1.82, 2.24) is 0 Å². The van der Waals surface area contributed by atoms with E-state index in [9.17, 15) is 18.4 Å². The molecule has 3 aromatic rings. The van der Waals surface area contributed by atoms with E-state index in [4.69, 9.17) is 28.4 Å². The fraction of sp³-hybridized carbons (Fsp3) is 0.226. The van der Waals surface area contributed by atoms with E-state index in [0.717, 1.165) is 18.2 Å². The molecule has 8 nitrogen and oxygen atoms in total. The van der Waals surface area contributed by atoms with Crippen molar-refractivity contribution in [3.8, 4) is 23.0 Å². The lowest BCUT2D eigenvalue weighted by molar-refractivity contribution is -0.130. The standard InChI is InChI=1S/C31H26F2O8/c32-31(33)27-15-24(40-29(34)13-5-20-1-7-22(8-2-20)36-16-25-18-38-25)11-12-28(27)41-30(35)14-6-21-3-9-23(10-4-21)37-17-26-19-39-26/h1-15,25-26,31H,16-19H2/b13-5+,14-6+. The summed E-state index contributed by atoms with van der Waals surface area (Å²) in [5.41, 5.74) is 0.817. The maximum atomic E-state index is 13.7. The van der Waals surface area contributed by atoms with Crippen molar-refractivity contribution in [3.63, 3.8) is 0 Å². The van der Waals surface area contributed by atoms with Gasteiger partial charge in [-0.1, -0.05) is 24.3 Å². The topological polar surface area (TPSA) is 96.1 Å². The molecule has 0 saturated carbocycles. The summed E-state index contributed by atoms with van der Waals surface area (Å²) in [5.74, 6) is -0.726. The molecule has 0 aromatic heterocycles. The number of ether oxygens (including phenoxy) is 6. The Labute approximate surface area is 234 Å². The minimum Gasteiger partial charge on any atom is -0.491 e. The van der Waals surface area contributed by atoms with Crippen molar-refractivity contribution < 1.29 is 46.8 Å². The molecule has 5 rings (SSSR count). The molecular weight excluding hydrogens is 538 g/mol. The molecule has 3 aromatic carbocycles. The van der Waals surface area contributed by atoms with Crippen LogP contribution in [0.2, 0.25) is 0 Å². The van der Waals surface area contributed by atoms with E-state index in [0.29, 0.717) is 49.1 Å². The van der Waals surface area contributed by atoms with Gasteiger partial charge in [0.2, 0.25) is 0 Å². The van der Waals surface area contributed by atoms with Crippen LogP contribution in [0, 0.1) is 0 Å². The van der Waals surface area contributed by atoms with E-state index >= 15 is 0 Å². The van der Waals surface area contributed by atoms with Crippen LogP contribution < -0.4 is 18.9 Å². The molecule has 0 amide bonds. The number of halogens is 2. The van der Waals surface area contributed by atoms with Gasteiger partial charge in [0.25, 0.3) is 6.43 Å². The lowest BCUT2D eigenvalue weighted by atomic mass is 10.2. The van der Waals surface area contributed by atoms with E-state index in [1.54, 1.807) is 48.5 Å². The molecule has 0 N–H and O–H groups in total. The van der Waals surface area contributed by atoms with Gasteiger partial charge in [0.1, 0.15) is 48.4 Å². The Morgan fingerprint density at radius 3 is 1.66 bits per heavy atom. The highest BCUT2D eigenvalue weighted by molar-refractivity contribution is 5.89. The Kier molecular flexibility index (Phi) is 9.02. The average molecular weight is 565 g/mol. The van der Waals surface area contributed by atoms with Crippen molar-refractivity contribution in [2.45, 2.75) is 18.6 Å². The van der Waals surface area contributed by atoms with Crippen molar-refractivity contribution in [2.24, 2.45) is 0 Å². The Morgan fingerprint density at radius 2 is 1.20 bits per heavy atom. The molecule has 2 fully saturated rings. The number of hydrogen-bond acceptors (Lipinski definition) is 8. The lowest BCUT2D eigenvalue weighted by Gasteiger charge is -2.10. The molecule has 0 radical (unpaired) electrons. The number of benzene rings is 3. The van der Waals surface area contributed by atoms with Crippen molar-refractivity contribution in [3.05, 3.63) is 95.6 Å². The van der Waals surface area contributed by atoms with Crippen LogP contribution in [0.3, 0.4) is 0 Å². The molecule has 2 aliphatic rings. The van der Waals surface area contributed by atoms with Crippen LogP contribution in [-0.4, -0.2) is 50.6 Å². The number of esters is 2. The Morgan fingerprint density at radius 1 is 0.732 bits per heavy atom. The van der Waals surface area contributed by atoms with Gasteiger partial charge in [-0.15, -0.1) is 0 Å². The summed E-state index contributed by atoms with van der Waals surface area (Å²) in [6.07, 6.45) is 2.63. The molecule has 41 heavy (non-hydrogen) atoms. The molecule has 2 atom stereocenters. The minimum atomic E-state index is -2.98. The highest BCUT2D eigenvalue weighted by Gasteiger charge is 2.23. The Balaban J connectivity index is 1.13. The summed E-state index contributed by atoms with van der Waals surface area (Å²) in [6, 6.07) is 17.4. The van der Waals surface area contributed by atoms with Gasteiger partial charge in [-0.25, -0.2) is 18.4 Å². The molecule has 2 heterocycles. The van der Waals surface area contributed by atoms with Gasteiger partial charge in [-0.2, -0.15) is 0 Å². The zero-order valence-electron chi connectivity index (χ0n) is 21.7. The van der Waals surface area contributed by atoms with Gasteiger partial charge in [0.05, 0.1) is 18.8 Å². The second-order valence-electron chi connectivity index (χ2n) is 9.18. The summed E-state index contributed by atoms with van der Waals surface area (Å²) in [6.45, 7) is 2.37. The fourth-order valence-corrected chi connectivity index (χ4v) is 3.53. The minimum absolute atomic E-state index is 0.119. The molecule has 212 valence electrons. The van der Waals surface area contributed by atoms with Crippen LogP contribution in [-0.2, 0) is 19.1 Å². The molecule has 0 spiro atoms. The monoisotopic (exact) mass is 564 g/mol. The predicted octanol–water partition coefficient (Wildman–Crippen LogP) is 5.42. The lowest BCUT2D eigenvalue weighted by Crippen LogP contribution is -2.08. The largest absolute Gasteiger partial charge is 0.491 e. The van der Waals surface area contributed by atoms with E-state index < -0.39 is 23.9 Å². The molecule has 10 heteroatoms. The van der Waals surface area contributed by atoms with Crippen LogP contribution in [0.1, 0.15) is 23.1 Å². The van der Waals surface area contributed by atoms with Crippen LogP contribution in [0.5, 0.6) is 23.0 Å². The first-order valence-corrected chi connectivity index (χ1v) is 12.8. The quantitative estimate of drug-likeness (QED) is 0.118. The third kappa shape index (κ3) is 8.99. The molecule has 0 aliphatic carbocycles. The van der Waals surface area contributed by atoms with E-state index in [2.05, 4.69) is 0 Å². The average Bonchev–Trinajstić information content (AvgIpc) is 3.90. The molecular formula is C31H26F2O8. The second-order valence-corrected chi connectivity index (χ2v) is 9.18. The highest BCUT2D eigenvalue weighted by Crippen LogP contribution is 2.33. The van der Waals surface area contributed by atoms with Gasteiger partial charge >= 0.3 is 11.9 Å². The first-order chi connectivity index (χ1) is 19.9. The van der Waals surface area contributed by atoms with Crippen molar-refractivity contribution in [1.29, 1.82) is 0 Å². The van der Waals surface area contributed by atoms with Gasteiger partial charge in [0.15, 0.2) is 0 Å². The first-order valence-electron chi connectivity index (χ1n) is 12.8. The number of carbonyl (C=O) groups excluding carboxylic acids is 2. The summed E-state index contributed by atoms with van der Waals surface area (Å²) in [5, 5.41) is 0. The van der Waals surface area contributed by atoms with E-state index in [1.807, 2.05) is 0 Å². The van der Waals surface area contributed by atoms with Crippen LogP contribution in [0.4, 0.5) is 8.78 Å². The van der Waals surface area contributed by atoms with Gasteiger partial charge in [0, 0.05) is 12.2 Å².